The lowest BCUT2D eigenvalue weighted by Gasteiger charge is -2.36. The van der Waals surface area contributed by atoms with Crippen LogP contribution in [0.2, 0.25) is 0 Å². The van der Waals surface area contributed by atoms with Gasteiger partial charge in [-0.05, 0) is 58.2 Å². The molecular formula is C24H30N8O2. The predicted octanol–water partition coefficient (Wildman–Crippen LogP) is 3.10. The fourth-order valence-electron chi connectivity index (χ4n) is 5.88. The van der Waals surface area contributed by atoms with Crippen LogP contribution in [0.3, 0.4) is 0 Å². The fourth-order valence-corrected chi connectivity index (χ4v) is 5.88. The highest BCUT2D eigenvalue weighted by atomic mass is 16.5. The van der Waals surface area contributed by atoms with Crippen molar-refractivity contribution >= 4 is 11.7 Å². The number of ether oxygens (including phenoxy) is 1. The quantitative estimate of drug-likeness (QED) is 0.621. The molecule has 0 radical (unpaired) electrons. The molecule has 0 aromatic carbocycles. The highest BCUT2D eigenvalue weighted by molar-refractivity contribution is 6.05. The molecule has 2 saturated heterocycles. The average molecular weight is 463 g/mol. The summed E-state index contributed by atoms with van der Waals surface area (Å²) >= 11 is 0. The molecule has 1 amide bonds. The second kappa shape index (κ2) is 8.19. The number of nitrogens with zero attached hydrogens (tertiary/aromatic N) is 7. The number of methoxy groups -OCH3 is 1. The van der Waals surface area contributed by atoms with Crippen molar-refractivity contribution in [3.63, 3.8) is 0 Å². The van der Waals surface area contributed by atoms with Crippen LogP contribution >= 0.6 is 0 Å². The molecule has 3 aromatic rings. The number of hydrogen-bond acceptors (Lipinski definition) is 7. The van der Waals surface area contributed by atoms with Gasteiger partial charge in [0.25, 0.3) is 5.91 Å². The van der Waals surface area contributed by atoms with Gasteiger partial charge in [-0.3, -0.25) is 9.48 Å². The molecule has 6 rings (SSSR count). The number of aryl methyl sites for hydroxylation is 1. The van der Waals surface area contributed by atoms with Gasteiger partial charge in [0.15, 0.2) is 5.82 Å². The summed E-state index contributed by atoms with van der Waals surface area (Å²) in [5.41, 5.74) is 1.10. The Balaban J connectivity index is 1.23. The van der Waals surface area contributed by atoms with Gasteiger partial charge in [-0.2, -0.15) is 0 Å². The van der Waals surface area contributed by atoms with E-state index < -0.39 is 0 Å². The molecule has 1 unspecified atom stereocenters. The molecule has 3 aliphatic heterocycles. The van der Waals surface area contributed by atoms with Gasteiger partial charge in [0.2, 0.25) is 5.88 Å². The molecule has 178 valence electrons. The minimum atomic E-state index is -0.288. The summed E-state index contributed by atoms with van der Waals surface area (Å²) in [6, 6.07) is 7.33. The number of carbonyl (C=O) groups is 1. The minimum Gasteiger partial charge on any atom is -0.479 e. The van der Waals surface area contributed by atoms with Gasteiger partial charge in [0.05, 0.1) is 13.2 Å². The number of piperidine rings is 1. The Hall–Kier alpha value is -3.27. The van der Waals surface area contributed by atoms with Crippen LogP contribution in [0.4, 0.5) is 5.82 Å². The first-order valence-corrected chi connectivity index (χ1v) is 12.1. The van der Waals surface area contributed by atoms with E-state index in [1.807, 2.05) is 23.0 Å². The number of hydrogen-bond donors (Lipinski definition) is 1. The third kappa shape index (κ3) is 3.48. The highest BCUT2D eigenvalue weighted by Gasteiger charge is 2.39. The Morgan fingerprint density at radius 3 is 2.68 bits per heavy atom. The third-order valence-corrected chi connectivity index (χ3v) is 7.80. The zero-order valence-electron chi connectivity index (χ0n) is 19.8. The predicted molar refractivity (Wildman–Crippen MR) is 126 cm³/mol. The molecule has 2 bridgehead atoms. The molecule has 3 aromatic heterocycles. The van der Waals surface area contributed by atoms with Crippen molar-refractivity contribution in [3.8, 4) is 17.4 Å². The van der Waals surface area contributed by atoms with Crippen molar-refractivity contribution in [3.05, 3.63) is 35.8 Å². The lowest BCUT2D eigenvalue weighted by atomic mass is 9.98. The molecular weight excluding hydrogens is 432 g/mol. The zero-order valence-corrected chi connectivity index (χ0v) is 19.8. The third-order valence-electron chi connectivity index (χ3n) is 7.80. The minimum absolute atomic E-state index is 0.280. The maximum Gasteiger partial charge on any atom is 0.263 e. The molecule has 6 heterocycles. The number of aromatic nitrogens is 6. The maximum atomic E-state index is 13.2. The summed E-state index contributed by atoms with van der Waals surface area (Å²) in [4.78, 5) is 20.3. The van der Waals surface area contributed by atoms with Gasteiger partial charge in [-0.15, -0.1) is 15.3 Å². The van der Waals surface area contributed by atoms with E-state index in [2.05, 4.69) is 49.0 Å². The molecule has 1 N–H and O–H groups in total. The number of rotatable bonds is 5. The van der Waals surface area contributed by atoms with Crippen LogP contribution in [-0.2, 0) is 6.42 Å². The largest absolute Gasteiger partial charge is 0.479 e. The Kier molecular flexibility index (Phi) is 5.13. The first-order valence-electron chi connectivity index (χ1n) is 12.1. The van der Waals surface area contributed by atoms with E-state index in [1.165, 1.54) is 12.8 Å². The molecule has 4 atom stereocenters. The van der Waals surface area contributed by atoms with Crippen LogP contribution in [0.15, 0.2) is 24.4 Å². The molecule has 34 heavy (non-hydrogen) atoms. The summed E-state index contributed by atoms with van der Waals surface area (Å²) < 4.78 is 9.53. The number of nitrogens with one attached hydrogen (secondary N) is 1. The Morgan fingerprint density at radius 1 is 1.12 bits per heavy atom. The molecule has 10 nitrogen and oxygen atoms in total. The van der Waals surface area contributed by atoms with Crippen LogP contribution in [0, 0.1) is 0 Å². The van der Waals surface area contributed by atoms with Gasteiger partial charge in [-0.1, -0.05) is 6.07 Å². The van der Waals surface area contributed by atoms with Gasteiger partial charge >= 0.3 is 0 Å². The summed E-state index contributed by atoms with van der Waals surface area (Å²) in [6.45, 7) is 2.16. The van der Waals surface area contributed by atoms with Gasteiger partial charge < -0.3 is 19.5 Å². The van der Waals surface area contributed by atoms with Crippen LogP contribution in [0.25, 0.3) is 11.5 Å². The first kappa shape index (κ1) is 21.3. The Labute approximate surface area is 198 Å². The van der Waals surface area contributed by atoms with E-state index in [1.54, 1.807) is 13.2 Å². The molecule has 0 saturated carbocycles. The van der Waals surface area contributed by atoms with Gasteiger partial charge in [0, 0.05) is 30.7 Å². The summed E-state index contributed by atoms with van der Waals surface area (Å²) in [5, 5.41) is 16.2. The standard InChI is InChI=1S/C24H30N8O2/c1-14-7-10-21-27-28-22(32(14)21)19-5-4-6-20(25-19)26-23(33)18-13-31(29-24(18)34-3)17-11-15-8-9-16(12-17)30(15)2/h4-6,13-17H,7-12H2,1-3H3,(H,25,26,33)/t14-,15-,16+,17?/m0/s1. The van der Waals surface area contributed by atoms with Crippen LogP contribution in [0.5, 0.6) is 5.88 Å². The van der Waals surface area contributed by atoms with Gasteiger partial charge in [-0.25, -0.2) is 4.98 Å². The molecule has 3 aliphatic rings. The summed E-state index contributed by atoms with van der Waals surface area (Å²) in [5.74, 6) is 2.22. The number of pyridine rings is 1. The first-order chi connectivity index (χ1) is 16.5. The van der Waals surface area contributed by atoms with E-state index in [9.17, 15) is 4.79 Å². The number of amides is 1. The van der Waals surface area contributed by atoms with E-state index in [0.29, 0.717) is 41.1 Å². The van der Waals surface area contributed by atoms with Crippen molar-refractivity contribution in [2.75, 3.05) is 19.5 Å². The van der Waals surface area contributed by atoms with Crippen LogP contribution in [0.1, 0.15) is 67.3 Å². The van der Waals surface area contributed by atoms with Crippen LogP contribution < -0.4 is 10.1 Å². The summed E-state index contributed by atoms with van der Waals surface area (Å²) in [6.07, 6.45) is 8.36. The molecule has 0 spiro atoms. The Morgan fingerprint density at radius 2 is 1.91 bits per heavy atom. The second-order valence-electron chi connectivity index (χ2n) is 9.77. The SMILES string of the molecule is COc1nn(C2C[C@H]3CC[C@@H](C2)N3C)cc1C(=O)Nc1cccc(-c2nnc3n2[C@@H](C)CC3)n1. The van der Waals surface area contributed by atoms with Crippen molar-refractivity contribution in [1.29, 1.82) is 0 Å². The maximum absolute atomic E-state index is 13.2. The highest BCUT2D eigenvalue weighted by Crippen LogP contribution is 2.40. The fraction of sp³-hybridized carbons (Fsp3) is 0.542. The van der Waals surface area contributed by atoms with Crippen molar-refractivity contribution in [2.45, 2.75) is 69.6 Å². The molecule has 2 fully saturated rings. The monoisotopic (exact) mass is 462 g/mol. The zero-order chi connectivity index (χ0) is 23.4. The average Bonchev–Trinajstić information content (AvgIpc) is 3.58. The van der Waals surface area contributed by atoms with E-state index >= 15 is 0 Å². The van der Waals surface area contributed by atoms with E-state index in [4.69, 9.17) is 4.74 Å². The molecule has 10 heteroatoms. The molecule has 0 aliphatic carbocycles. The van der Waals surface area contributed by atoms with E-state index in [-0.39, 0.29) is 11.9 Å². The normalized spacial score (nSPS) is 26.0. The van der Waals surface area contributed by atoms with Gasteiger partial charge in [0.1, 0.15) is 22.9 Å². The van der Waals surface area contributed by atoms with Crippen molar-refractivity contribution < 1.29 is 9.53 Å². The van der Waals surface area contributed by atoms with E-state index in [0.717, 1.165) is 37.3 Å². The Bertz CT molecular complexity index is 1220. The van der Waals surface area contributed by atoms with Crippen molar-refractivity contribution in [1.82, 2.24) is 34.4 Å². The van der Waals surface area contributed by atoms with Crippen molar-refractivity contribution in [2.24, 2.45) is 0 Å². The number of carbonyl (C=O) groups excluding carboxylic acids is 1. The lowest BCUT2D eigenvalue weighted by Crippen LogP contribution is -2.40. The van der Waals surface area contributed by atoms with Crippen LogP contribution in [-0.4, -0.2) is 66.6 Å². The smallest absolute Gasteiger partial charge is 0.263 e. The second-order valence-corrected chi connectivity index (χ2v) is 9.77. The topological polar surface area (TPSA) is 103 Å². The number of anilines is 1. The summed E-state index contributed by atoms with van der Waals surface area (Å²) in [7, 11) is 3.77. The number of fused-ring (bicyclic) bond motifs is 3. The lowest BCUT2D eigenvalue weighted by molar-refractivity contribution is 0.102.